The summed E-state index contributed by atoms with van der Waals surface area (Å²) in [5.74, 6) is -1.68. The fraction of sp³-hybridized carbons (Fsp3) is 0.0667. The van der Waals surface area contributed by atoms with E-state index in [4.69, 9.17) is 5.11 Å². The fourth-order valence-corrected chi connectivity index (χ4v) is 4.36. The second kappa shape index (κ2) is 7.56. The van der Waals surface area contributed by atoms with Crippen LogP contribution in [0.4, 0.5) is 5.69 Å². The first-order chi connectivity index (χ1) is 11.5. The van der Waals surface area contributed by atoms with Crippen LogP contribution in [-0.2, 0) is 9.84 Å². The molecule has 0 bridgehead atoms. The molecule has 2 rings (SSSR count). The van der Waals surface area contributed by atoms with E-state index in [0.29, 0.717) is 0 Å². The highest BCUT2D eigenvalue weighted by Gasteiger charge is 2.37. The van der Waals surface area contributed by atoms with Crippen molar-refractivity contribution in [3.05, 3.63) is 59.7 Å². The lowest BCUT2D eigenvalue weighted by atomic mass is 10.2. The van der Waals surface area contributed by atoms with Gasteiger partial charge in [0.1, 0.15) is 0 Å². The average molecular weight is 556 g/mol. The number of rotatable bonds is 4. The molecule has 0 atom stereocenters. The topological polar surface area (TPSA) is 101 Å². The van der Waals surface area contributed by atoms with Crippen molar-refractivity contribution in [3.63, 3.8) is 0 Å². The smallest absolute Gasteiger partial charge is 0.335 e. The minimum atomic E-state index is -3.83. The second-order valence-corrected chi connectivity index (χ2v) is 15.2. The zero-order chi connectivity index (χ0) is 18.8. The standard InChI is InChI=1S/C15H10Br3NO5S/c16-15(17,18)25(23,24)12-6-2-3-9(8-12)13(20)19-11-5-1-4-10(7-11)14(21)22/h1-8H,(H,19,20)(H,21,22). The third kappa shape index (κ3) is 4.69. The first-order valence-electron chi connectivity index (χ1n) is 6.58. The number of amides is 1. The van der Waals surface area contributed by atoms with Gasteiger partial charge in [-0.3, -0.25) is 4.79 Å². The molecular formula is C15H10Br3NO5S. The Hall–Kier alpha value is -1.23. The van der Waals surface area contributed by atoms with E-state index in [9.17, 15) is 18.0 Å². The largest absolute Gasteiger partial charge is 0.478 e. The van der Waals surface area contributed by atoms with E-state index < -0.39 is 23.2 Å². The van der Waals surface area contributed by atoms with E-state index in [-0.39, 0.29) is 21.7 Å². The Kier molecular flexibility index (Phi) is 6.08. The molecule has 2 aromatic carbocycles. The van der Waals surface area contributed by atoms with E-state index in [2.05, 4.69) is 53.1 Å². The van der Waals surface area contributed by atoms with E-state index in [1.807, 2.05) is 0 Å². The molecule has 6 nitrogen and oxygen atoms in total. The summed E-state index contributed by atoms with van der Waals surface area (Å²) in [6.07, 6.45) is 0. The summed E-state index contributed by atoms with van der Waals surface area (Å²) in [5, 5.41) is 11.5. The maximum absolute atomic E-state index is 12.4. The lowest BCUT2D eigenvalue weighted by molar-refractivity contribution is 0.0696. The van der Waals surface area contributed by atoms with Crippen LogP contribution in [-0.4, -0.2) is 26.9 Å². The molecule has 2 N–H and O–H groups in total. The normalized spacial score (nSPS) is 11.8. The molecule has 0 aromatic heterocycles. The van der Waals surface area contributed by atoms with Crippen molar-refractivity contribution in [2.45, 2.75) is 6.37 Å². The highest BCUT2D eigenvalue weighted by Crippen LogP contribution is 2.43. The van der Waals surface area contributed by atoms with Crippen molar-refractivity contribution in [1.29, 1.82) is 0 Å². The van der Waals surface area contributed by atoms with Gasteiger partial charge in [-0.15, -0.1) is 0 Å². The van der Waals surface area contributed by atoms with Gasteiger partial charge < -0.3 is 10.4 Å². The van der Waals surface area contributed by atoms with Gasteiger partial charge in [-0.1, -0.05) is 12.1 Å². The molecule has 0 unspecified atom stereocenters. The van der Waals surface area contributed by atoms with Crippen LogP contribution in [0.15, 0.2) is 53.4 Å². The minimum absolute atomic E-state index is 0.0248. The first kappa shape index (κ1) is 20.1. The number of benzene rings is 2. The van der Waals surface area contributed by atoms with Gasteiger partial charge in [0.2, 0.25) is 11.3 Å². The third-order valence-electron chi connectivity index (χ3n) is 3.08. The van der Waals surface area contributed by atoms with Crippen molar-refractivity contribution in [2.24, 2.45) is 0 Å². The zero-order valence-electron chi connectivity index (χ0n) is 12.2. The number of aromatic carboxylic acids is 1. The summed E-state index contributed by atoms with van der Waals surface area (Å²) >= 11 is 8.89. The molecule has 1 amide bonds. The van der Waals surface area contributed by atoms with Crippen molar-refractivity contribution >= 4 is 75.2 Å². The first-order valence-corrected chi connectivity index (χ1v) is 10.4. The summed E-state index contributed by atoms with van der Waals surface area (Å²) in [4.78, 5) is 23.2. The van der Waals surface area contributed by atoms with Gasteiger partial charge in [0, 0.05) is 11.3 Å². The van der Waals surface area contributed by atoms with Crippen LogP contribution >= 0.6 is 47.8 Å². The van der Waals surface area contributed by atoms with Crippen LogP contribution in [0, 0.1) is 0 Å². The monoisotopic (exact) mass is 553 g/mol. The Morgan fingerprint density at radius 1 is 0.960 bits per heavy atom. The Bertz CT molecular complexity index is 938. The molecule has 10 heteroatoms. The SMILES string of the molecule is O=C(O)c1cccc(NC(=O)c2cccc(S(=O)(=O)C(Br)(Br)Br)c2)c1. The third-order valence-corrected chi connectivity index (χ3v) is 8.40. The quantitative estimate of drug-likeness (QED) is 0.551. The van der Waals surface area contributed by atoms with Gasteiger partial charge in [0.15, 0.2) is 0 Å². The van der Waals surface area contributed by atoms with Gasteiger partial charge in [0.25, 0.3) is 5.91 Å². The Morgan fingerprint density at radius 2 is 1.56 bits per heavy atom. The van der Waals surface area contributed by atoms with Crippen LogP contribution < -0.4 is 5.32 Å². The highest BCUT2D eigenvalue weighted by molar-refractivity contribution is 9.42. The number of hydrogen-bond acceptors (Lipinski definition) is 4. The Morgan fingerprint density at radius 3 is 2.16 bits per heavy atom. The van der Waals surface area contributed by atoms with Crippen molar-refractivity contribution in [2.75, 3.05) is 5.32 Å². The molecule has 0 aliphatic carbocycles. The maximum atomic E-state index is 12.4. The molecule has 0 saturated carbocycles. The predicted molar refractivity (Wildman–Crippen MR) is 104 cm³/mol. The Balaban J connectivity index is 2.31. The highest BCUT2D eigenvalue weighted by atomic mass is 80.0. The predicted octanol–water partition coefficient (Wildman–Crippen LogP) is 4.21. The van der Waals surface area contributed by atoms with E-state index in [0.717, 1.165) is 0 Å². The molecule has 0 aliphatic rings. The minimum Gasteiger partial charge on any atom is -0.478 e. The van der Waals surface area contributed by atoms with E-state index in [1.165, 1.54) is 48.5 Å². The average Bonchev–Trinajstić information content (AvgIpc) is 2.54. The number of carbonyl (C=O) groups is 2. The number of halogens is 3. The number of alkyl halides is 3. The summed E-state index contributed by atoms with van der Waals surface area (Å²) in [6, 6.07) is 11.2. The number of anilines is 1. The maximum Gasteiger partial charge on any atom is 0.335 e. The summed E-state index contributed by atoms with van der Waals surface area (Å²) < 4.78 is 23.2. The number of sulfone groups is 1. The van der Waals surface area contributed by atoms with Crippen LogP contribution in [0.3, 0.4) is 0 Å². The molecule has 0 saturated heterocycles. The Labute approximate surface area is 168 Å². The molecule has 0 spiro atoms. The van der Waals surface area contributed by atoms with Gasteiger partial charge in [-0.25, -0.2) is 13.2 Å². The van der Waals surface area contributed by atoms with Crippen LogP contribution in [0.5, 0.6) is 0 Å². The molecule has 2 aromatic rings. The molecule has 25 heavy (non-hydrogen) atoms. The molecule has 0 aliphatic heterocycles. The van der Waals surface area contributed by atoms with Gasteiger partial charge >= 0.3 is 5.97 Å². The molecule has 0 heterocycles. The number of nitrogens with one attached hydrogen (secondary N) is 1. The molecule has 0 radical (unpaired) electrons. The summed E-state index contributed by atoms with van der Waals surface area (Å²) in [5.41, 5.74) is 0.421. The van der Waals surface area contributed by atoms with E-state index in [1.54, 1.807) is 0 Å². The van der Waals surface area contributed by atoms with Crippen LogP contribution in [0.2, 0.25) is 0 Å². The number of carbonyl (C=O) groups excluding carboxylic acids is 1. The van der Waals surface area contributed by atoms with Crippen LogP contribution in [0.25, 0.3) is 0 Å². The van der Waals surface area contributed by atoms with Crippen molar-refractivity contribution < 1.29 is 23.1 Å². The van der Waals surface area contributed by atoms with Gasteiger partial charge in [0.05, 0.1) is 10.5 Å². The second-order valence-electron chi connectivity index (χ2n) is 4.82. The summed E-state index contributed by atoms with van der Waals surface area (Å²) in [6.45, 7) is 0. The van der Waals surface area contributed by atoms with Crippen molar-refractivity contribution in [1.82, 2.24) is 0 Å². The van der Waals surface area contributed by atoms with Crippen molar-refractivity contribution in [3.8, 4) is 0 Å². The number of carboxylic acids is 1. The number of carboxylic acid groups (broad SMARTS) is 1. The summed E-state index contributed by atoms with van der Waals surface area (Å²) in [7, 11) is -3.83. The van der Waals surface area contributed by atoms with Crippen LogP contribution in [0.1, 0.15) is 20.7 Å². The zero-order valence-corrected chi connectivity index (χ0v) is 17.8. The van der Waals surface area contributed by atoms with Gasteiger partial charge in [-0.2, -0.15) is 0 Å². The lowest BCUT2D eigenvalue weighted by Crippen LogP contribution is -2.19. The van der Waals surface area contributed by atoms with Gasteiger partial charge in [-0.05, 0) is 84.2 Å². The molecule has 132 valence electrons. The number of hydrogen-bond donors (Lipinski definition) is 2. The molecular weight excluding hydrogens is 546 g/mol. The fourth-order valence-electron chi connectivity index (χ4n) is 1.87. The van der Waals surface area contributed by atoms with E-state index >= 15 is 0 Å². The molecule has 0 fully saturated rings. The lowest BCUT2D eigenvalue weighted by Gasteiger charge is -2.14.